The molecule has 0 saturated heterocycles. The fraction of sp³-hybridized carbons (Fsp3) is 0.455. The molecule has 0 aliphatic rings. The van der Waals surface area contributed by atoms with Gasteiger partial charge in [-0.15, -0.1) is 0 Å². The zero-order chi connectivity index (χ0) is 13.1. The molecular weight excluding hydrogens is 220 g/mol. The van der Waals surface area contributed by atoms with Crippen molar-refractivity contribution in [3.63, 3.8) is 0 Å². The van der Waals surface area contributed by atoms with Crippen molar-refractivity contribution in [1.29, 1.82) is 5.26 Å². The minimum Gasteiger partial charge on any atom is -0.359 e. The van der Waals surface area contributed by atoms with Crippen molar-refractivity contribution in [2.45, 2.75) is 32.7 Å². The average molecular weight is 234 g/mol. The number of hydrogen-bond acceptors (Lipinski definition) is 5. The summed E-state index contributed by atoms with van der Waals surface area (Å²) in [4.78, 5) is 14.3. The van der Waals surface area contributed by atoms with E-state index in [9.17, 15) is 10.1 Å². The molecule has 0 unspecified atom stereocenters. The van der Waals surface area contributed by atoms with Gasteiger partial charge >= 0.3 is 5.69 Å². The number of anilines is 1. The molecule has 0 bridgehead atoms. The Morgan fingerprint density at radius 2 is 2.29 bits per heavy atom. The van der Waals surface area contributed by atoms with Gasteiger partial charge in [-0.3, -0.25) is 10.1 Å². The highest BCUT2D eigenvalue weighted by Gasteiger charge is 2.22. The molecule has 0 atom stereocenters. The SMILES string of the molecule is CCC(C)(C)Nc1ncc(C#N)cc1[N+](=O)[O-]. The van der Waals surface area contributed by atoms with Crippen LogP contribution < -0.4 is 5.32 Å². The summed E-state index contributed by atoms with van der Waals surface area (Å²) in [5.74, 6) is 0.195. The first-order valence-corrected chi connectivity index (χ1v) is 5.22. The van der Waals surface area contributed by atoms with Crippen molar-refractivity contribution in [2.75, 3.05) is 5.32 Å². The third-order valence-corrected chi connectivity index (χ3v) is 2.53. The van der Waals surface area contributed by atoms with E-state index in [-0.39, 0.29) is 22.6 Å². The summed E-state index contributed by atoms with van der Waals surface area (Å²) in [5, 5.41) is 22.6. The Morgan fingerprint density at radius 3 is 2.76 bits per heavy atom. The van der Waals surface area contributed by atoms with Gasteiger partial charge in [0.25, 0.3) is 0 Å². The van der Waals surface area contributed by atoms with Crippen molar-refractivity contribution in [3.8, 4) is 6.07 Å². The Balaban J connectivity index is 3.17. The van der Waals surface area contributed by atoms with Crippen LogP contribution in [0.4, 0.5) is 11.5 Å². The number of pyridine rings is 1. The van der Waals surface area contributed by atoms with Crippen molar-refractivity contribution in [3.05, 3.63) is 27.9 Å². The van der Waals surface area contributed by atoms with Gasteiger partial charge in [0, 0.05) is 17.8 Å². The zero-order valence-corrected chi connectivity index (χ0v) is 10.0. The van der Waals surface area contributed by atoms with Crippen molar-refractivity contribution < 1.29 is 4.92 Å². The molecule has 6 heteroatoms. The van der Waals surface area contributed by atoms with Crippen LogP contribution in [0.5, 0.6) is 0 Å². The first-order chi connectivity index (χ1) is 7.89. The Morgan fingerprint density at radius 1 is 1.65 bits per heavy atom. The highest BCUT2D eigenvalue weighted by Crippen LogP contribution is 2.26. The summed E-state index contributed by atoms with van der Waals surface area (Å²) >= 11 is 0. The molecule has 0 aliphatic heterocycles. The van der Waals surface area contributed by atoms with E-state index in [1.807, 2.05) is 26.8 Å². The van der Waals surface area contributed by atoms with Crippen LogP contribution in [0, 0.1) is 21.4 Å². The van der Waals surface area contributed by atoms with Crippen LogP contribution in [0.2, 0.25) is 0 Å². The van der Waals surface area contributed by atoms with Crippen LogP contribution in [-0.4, -0.2) is 15.4 Å². The van der Waals surface area contributed by atoms with Crippen LogP contribution in [0.3, 0.4) is 0 Å². The monoisotopic (exact) mass is 234 g/mol. The number of nitrogens with zero attached hydrogens (tertiary/aromatic N) is 3. The fourth-order valence-electron chi connectivity index (χ4n) is 1.16. The summed E-state index contributed by atoms with van der Waals surface area (Å²) in [6, 6.07) is 3.05. The lowest BCUT2D eigenvalue weighted by Gasteiger charge is -2.24. The standard InChI is InChI=1S/C11H14N4O2/c1-4-11(2,3)14-10-9(15(16)17)5-8(6-12)7-13-10/h5,7H,4H2,1-3H3,(H,13,14). The van der Waals surface area contributed by atoms with Gasteiger partial charge in [0.1, 0.15) is 6.07 Å². The van der Waals surface area contributed by atoms with Crippen LogP contribution in [0.1, 0.15) is 32.8 Å². The van der Waals surface area contributed by atoms with E-state index in [2.05, 4.69) is 10.3 Å². The van der Waals surface area contributed by atoms with Gasteiger partial charge in [0.15, 0.2) is 0 Å². The normalized spacial score (nSPS) is 10.7. The third-order valence-electron chi connectivity index (χ3n) is 2.53. The fourth-order valence-corrected chi connectivity index (χ4v) is 1.16. The largest absolute Gasteiger partial charge is 0.359 e. The number of nitriles is 1. The topological polar surface area (TPSA) is 91.8 Å². The van der Waals surface area contributed by atoms with E-state index in [1.54, 1.807) is 0 Å². The predicted molar refractivity (Wildman–Crippen MR) is 63.6 cm³/mol. The molecule has 17 heavy (non-hydrogen) atoms. The van der Waals surface area contributed by atoms with Gasteiger partial charge in [-0.25, -0.2) is 4.98 Å². The van der Waals surface area contributed by atoms with Crippen LogP contribution in [0.25, 0.3) is 0 Å². The quantitative estimate of drug-likeness (QED) is 0.638. The van der Waals surface area contributed by atoms with Crippen molar-refractivity contribution in [1.82, 2.24) is 4.98 Å². The van der Waals surface area contributed by atoms with Crippen molar-refractivity contribution >= 4 is 11.5 Å². The smallest absolute Gasteiger partial charge is 0.312 e. The maximum atomic E-state index is 10.9. The number of nitro groups is 1. The molecule has 1 heterocycles. The molecule has 0 aliphatic carbocycles. The molecule has 90 valence electrons. The van der Waals surface area contributed by atoms with Crippen LogP contribution in [-0.2, 0) is 0 Å². The van der Waals surface area contributed by atoms with Crippen LogP contribution in [0.15, 0.2) is 12.3 Å². The lowest BCUT2D eigenvalue weighted by atomic mass is 10.0. The van der Waals surface area contributed by atoms with Crippen molar-refractivity contribution in [2.24, 2.45) is 0 Å². The highest BCUT2D eigenvalue weighted by atomic mass is 16.6. The van der Waals surface area contributed by atoms with Gasteiger partial charge in [-0.1, -0.05) is 6.92 Å². The molecule has 1 aromatic rings. The van der Waals surface area contributed by atoms with Gasteiger partial charge in [-0.2, -0.15) is 5.26 Å². The molecule has 0 radical (unpaired) electrons. The lowest BCUT2D eigenvalue weighted by molar-refractivity contribution is -0.384. The Bertz CT molecular complexity index is 477. The number of nitrogens with one attached hydrogen (secondary N) is 1. The second-order valence-electron chi connectivity index (χ2n) is 4.32. The summed E-state index contributed by atoms with van der Waals surface area (Å²) < 4.78 is 0. The molecule has 0 spiro atoms. The first kappa shape index (κ1) is 12.9. The van der Waals surface area contributed by atoms with E-state index in [1.165, 1.54) is 12.3 Å². The Kier molecular flexibility index (Phi) is 3.63. The molecule has 0 amide bonds. The summed E-state index contributed by atoms with van der Waals surface area (Å²) in [6.45, 7) is 5.83. The summed E-state index contributed by atoms with van der Waals surface area (Å²) in [5.41, 5.74) is -0.284. The third kappa shape index (κ3) is 3.14. The molecule has 0 saturated carbocycles. The maximum Gasteiger partial charge on any atom is 0.312 e. The minimum atomic E-state index is -0.540. The van der Waals surface area contributed by atoms with E-state index >= 15 is 0 Å². The van der Waals surface area contributed by atoms with E-state index < -0.39 is 4.92 Å². The maximum absolute atomic E-state index is 10.9. The molecule has 1 rings (SSSR count). The van der Waals surface area contributed by atoms with E-state index in [0.29, 0.717) is 0 Å². The van der Waals surface area contributed by atoms with Gasteiger partial charge in [0.2, 0.25) is 5.82 Å². The predicted octanol–water partition coefficient (Wildman–Crippen LogP) is 2.46. The summed E-state index contributed by atoms with van der Waals surface area (Å²) in [6.07, 6.45) is 2.12. The molecular formula is C11H14N4O2. The molecule has 0 aromatic carbocycles. The number of aromatic nitrogens is 1. The second-order valence-corrected chi connectivity index (χ2v) is 4.32. The zero-order valence-electron chi connectivity index (χ0n) is 10.0. The minimum absolute atomic E-state index is 0.175. The van der Waals surface area contributed by atoms with E-state index in [0.717, 1.165) is 6.42 Å². The van der Waals surface area contributed by atoms with E-state index in [4.69, 9.17) is 5.26 Å². The first-order valence-electron chi connectivity index (χ1n) is 5.22. The van der Waals surface area contributed by atoms with Crippen LogP contribution >= 0.6 is 0 Å². The molecule has 1 N–H and O–H groups in total. The highest BCUT2D eigenvalue weighted by molar-refractivity contribution is 5.59. The molecule has 0 fully saturated rings. The lowest BCUT2D eigenvalue weighted by Crippen LogP contribution is -2.30. The number of rotatable bonds is 4. The van der Waals surface area contributed by atoms with Gasteiger partial charge in [0.05, 0.1) is 10.5 Å². The van der Waals surface area contributed by atoms with Gasteiger partial charge in [-0.05, 0) is 20.3 Å². The number of hydrogen-bond donors (Lipinski definition) is 1. The Hall–Kier alpha value is -2.16. The molecule has 1 aromatic heterocycles. The Labute approximate surface area is 99.4 Å². The van der Waals surface area contributed by atoms with Gasteiger partial charge < -0.3 is 5.32 Å². The average Bonchev–Trinajstić information content (AvgIpc) is 2.29. The molecule has 6 nitrogen and oxygen atoms in total. The summed E-state index contributed by atoms with van der Waals surface area (Å²) in [7, 11) is 0. The second kappa shape index (κ2) is 4.78.